The van der Waals surface area contributed by atoms with Gasteiger partial charge in [-0.1, -0.05) is 7.43 Å². The highest BCUT2D eigenvalue weighted by molar-refractivity contribution is 7.98. The van der Waals surface area contributed by atoms with E-state index in [1.54, 1.807) is 19.2 Å². The van der Waals surface area contributed by atoms with Crippen molar-refractivity contribution in [2.45, 2.75) is 19.2 Å². The van der Waals surface area contributed by atoms with Crippen LogP contribution in [0.3, 0.4) is 0 Å². The monoisotopic (exact) mass is 306 g/mol. The third-order valence-corrected chi connectivity index (χ3v) is 3.90. The predicted molar refractivity (Wildman–Crippen MR) is 84.0 cm³/mol. The molecular weight excluding hydrogens is 288 g/mol. The van der Waals surface area contributed by atoms with Gasteiger partial charge in [0.1, 0.15) is 6.33 Å². The average molecular weight is 306 g/mol. The number of aldehydes is 1. The summed E-state index contributed by atoms with van der Waals surface area (Å²) in [6, 6.07) is 3.29. The van der Waals surface area contributed by atoms with Crippen molar-refractivity contribution in [2.75, 3.05) is 11.6 Å². The van der Waals surface area contributed by atoms with E-state index in [1.807, 2.05) is 13.2 Å². The van der Waals surface area contributed by atoms with Gasteiger partial charge < -0.3 is 0 Å². The summed E-state index contributed by atoms with van der Waals surface area (Å²) in [4.78, 5) is 28.0. The minimum absolute atomic E-state index is 0. The molecule has 0 aliphatic rings. The van der Waals surface area contributed by atoms with Crippen molar-refractivity contribution in [1.29, 1.82) is 0 Å². The maximum Gasteiger partial charge on any atom is 0.258 e. The van der Waals surface area contributed by atoms with Gasteiger partial charge in [0.15, 0.2) is 6.29 Å². The van der Waals surface area contributed by atoms with Gasteiger partial charge in [0.05, 0.1) is 0 Å². The molecule has 0 fully saturated rings. The summed E-state index contributed by atoms with van der Waals surface area (Å²) in [5.41, 5.74) is 1.88. The molecule has 1 N–H and O–H groups in total. The van der Waals surface area contributed by atoms with Gasteiger partial charge in [-0.15, -0.1) is 11.8 Å². The molecule has 0 aliphatic heterocycles. The van der Waals surface area contributed by atoms with Crippen LogP contribution in [-0.2, 0) is 7.05 Å². The minimum Gasteiger partial charge on any atom is -0.298 e. The first kappa shape index (κ1) is 16.9. The summed E-state index contributed by atoms with van der Waals surface area (Å²) in [5.74, 6) is 0.103. The topological polar surface area (TPSA) is 76.9 Å². The highest BCUT2D eigenvalue weighted by atomic mass is 32.2. The highest BCUT2D eigenvalue weighted by Gasteiger charge is 2.16. The van der Waals surface area contributed by atoms with E-state index >= 15 is 0 Å². The first-order valence-electron chi connectivity index (χ1n) is 5.86. The number of benzene rings is 1. The second kappa shape index (κ2) is 7.03. The Kier molecular flexibility index (Phi) is 5.66. The number of nitrogens with one attached hydrogen (secondary N) is 1. The van der Waals surface area contributed by atoms with Gasteiger partial charge in [-0.05, 0) is 30.9 Å². The molecule has 7 heteroatoms. The smallest absolute Gasteiger partial charge is 0.258 e. The summed E-state index contributed by atoms with van der Waals surface area (Å²) in [5, 5.41) is 6.58. The van der Waals surface area contributed by atoms with E-state index in [0.717, 1.165) is 16.7 Å². The van der Waals surface area contributed by atoms with Crippen LogP contribution in [0.2, 0.25) is 0 Å². The van der Waals surface area contributed by atoms with E-state index in [2.05, 4.69) is 15.4 Å². The lowest BCUT2D eigenvalue weighted by atomic mass is 10.0. The van der Waals surface area contributed by atoms with Gasteiger partial charge in [0.25, 0.3) is 5.91 Å². The minimum atomic E-state index is -0.272. The molecule has 0 spiro atoms. The number of aromatic nitrogens is 3. The van der Waals surface area contributed by atoms with E-state index in [4.69, 9.17) is 0 Å². The maximum absolute atomic E-state index is 12.3. The number of amides is 1. The van der Waals surface area contributed by atoms with Gasteiger partial charge in [-0.25, -0.2) is 4.68 Å². The van der Waals surface area contributed by atoms with Crippen LogP contribution in [0, 0.1) is 6.92 Å². The van der Waals surface area contributed by atoms with Crippen LogP contribution < -0.4 is 5.32 Å². The number of thioether (sulfide) groups is 1. The Hall–Kier alpha value is -2.15. The summed E-state index contributed by atoms with van der Waals surface area (Å²) >= 11 is 1.44. The van der Waals surface area contributed by atoms with Crippen molar-refractivity contribution in [3.63, 3.8) is 0 Å². The second-order valence-corrected chi connectivity index (χ2v) is 4.96. The molecule has 1 heterocycles. The van der Waals surface area contributed by atoms with Crippen LogP contribution in [0.25, 0.3) is 0 Å². The normalized spacial score (nSPS) is 9.86. The second-order valence-electron chi connectivity index (χ2n) is 4.14. The Balaban J connectivity index is 0.00000220. The molecule has 1 aromatic heterocycles. The Morgan fingerprint density at radius 2 is 2.14 bits per heavy atom. The molecule has 0 atom stereocenters. The van der Waals surface area contributed by atoms with Crippen LogP contribution in [0.4, 0.5) is 5.95 Å². The predicted octanol–water partition coefficient (Wildman–Crippen LogP) is 2.55. The fourth-order valence-electron chi connectivity index (χ4n) is 1.90. The molecule has 21 heavy (non-hydrogen) atoms. The molecular formula is C14H18N4O2S. The molecule has 2 rings (SSSR count). The van der Waals surface area contributed by atoms with Crippen LogP contribution >= 0.6 is 11.8 Å². The number of hydrogen-bond donors (Lipinski definition) is 1. The molecule has 2 aromatic rings. The Morgan fingerprint density at radius 3 is 2.67 bits per heavy atom. The maximum atomic E-state index is 12.3. The molecule has 0 aliphatic carbocycles. The summed E-state index contributed by atoms with van der Waals surface area (Å²) in [6.07, 6.45) is 4.04. The van der Waals surface area contributed by atoms with Crippen molar-refractivity contribution in [3.05, 3.63) is 35.2 Å². The fraction of sp³-hybridized carbons (Fsp3) is 0.286. The number of hydrogen-bond acceptors (Lipinski definition) is 5. The number of carbonyl (C=O) groups is 2. The molecule has 0 unspecified atom stereocenters. The summed E-state index contributed by atoms with van der Waals surface area (Å²) in [7, 11) is 1.69. The SMILES string of the molecule is C.CSc1c(C=O)ccc(C(=O)Nc2ncnn2C)c1C. The molecule has 112 valence electrons. The van der Waals surface area contributed by atoms with Gasteiger partial charge >= 0.3 is 0 Å². The number of anilines is 1. The largest absolute Gasteiger partial charge is 0.298 e. The lowest BCUT2D eigenvalue weighted by Crippen LogP contribution is -2.17. The Bertz CT molecular complexity index is 667. The molecule has 1 aromatic carbocycles. The van der Waals surface area contributed by atoms with Crippen LogP contribution in [0.15, 0.2) is 23.4 Å². The first-order chi connectivity index (χ1) is 9.58. The molecule has 0 saturated heterocycles. The lowest BCUT2D eigenvalue weighted by Gasteiger charge is -2.11. The number of carbonyl (C=O) groups excluding carboxylic acids is 2. The zero-order valence-corrected chi connectivity index (χ0v) is 12.2. The molecule has 1 amide bonds. The third-order valence-electron chi connectivity index (χ3n) is 2.95. The van der Waals surface area contributed by atoms with Gasteiger partial charge in [-0.2, -0.15) is 10.1 Å². The van der Waals surface area contributed by atoms with Gasteiger partial charge in [0, 0.05) is 23.1 Å². The van der Waals surface area contributed by atoms with Crippen molar-refractivity contribution < 1.29 is 9.59 Å². The van der Waals surface area contributed by atoms with E-state index in [0.29, 0.717) is 17.1 Å². The zero-order valence-electron chi connectivity index (χ0n) is 11.4. The fourth-order valence-corrected chi connectivity index (χ4v) is 2.67. The van der Waals surface area contributed by atoms with Gasteiger partial charge in [-0.3, -0.25) is 14.9 Å². The molecule has 0 bridgehead atoms. The standard InChI is InChI=1S/C13H14N4O2S.CH4/c1-8-10(5-4-9(6-18)11(8)20-3)12(19)16-13-14-7-15-17(13)2;/h4-7H,1-3H3,(H,14,15,16,19);1H4. The van der Waals surface area contributed by atoms with E-state index < -0.39 is 0 Å². The van der Waals surface area contributed by atoms with Crippen molar-refractivity contribution in [1.82, 2.24) is 14.8 Å². The van der Waals surface area contributed by atoms with Crippen LogP contribution in [0.1, 0.15) is 33.7 Å². The van der Waals surface area contributed by atoms with Crippen molar-refractivity contribution >= 4 is 29.9 Å². The average Bonchev–Trinajstić information content (AvgIpc) is 2.83. The van der Waals surface area contributed by atoms with E-state index in [1.165, 1.54) is 22.8 Å². The third kappa shape index (κ3) is 3.30. The Labute approximate surface area is 128 Å². The lowest BCUT2D eigenvalue weighted by molar-refractivity contribution is 0.102. The first-order valence-corrected chi connectivity index (χ1v) is 7.09. The number of aryl methyl sites for hydroxylation is 1. The highest BCUT2D eigenvalue weighted by Crippen LogP contribution is 2.26. The Morgan fingerprint density at radius 1 is 1.43 bits per heavy atom. The van der Waals surface area contributed by atoms with Crippen molar-refractivity contribution in [2.24, 2.45) is 7.05 Å². The summed E-state index contributed by atoms with van der Waals surface area (Å²) < 4.78 is 1.47. The van der Waals surface area contributed by atoms with Crippen LogP contribution in [-0.4, -0.2) is 33.2 Å². The van der Waals surface area contributed by atoms with Gasteiger partial charge in [0.2, 0.25) is 5.95 Å². The van der Waals surface area contributed by atoms with E-state index in [-0.39, 0.29) is 13.3 Å². The number of rotatable bonds is 4. The van der Waals surface area contributed by atoms with E-state index in [9.17, 15) is 9.59 Å². The zero-order chi connectivity index (χ0) is 14.7. The summed E-state index contributed by atoms with van der Waals surface area (Å²) in [6.45, 7) is 1.82. The number of nitrogens with zero attached hydrogens (tertiary/aromatic N) is 3. The molecule has 0 saturated carbocycles. The van der Waals surface area contributed by atoms with Crippen LogP contribution in [0.5, 0.6) is 0 Å². The molecule has 0 radical (unpaired) electrons. The quantitative estimate of drug-likeness (QED) is 0.694. The molecule has 6 nitrogen and oxygen atoms in total. The van der Waals surface area contributed by atoms with Crippen molar-refractivity contribution in [3.8, 4) is 0 Å².